The minimum absolute atomic E-state index is 0.294. The van der Waals surface area contributed by atoms with E-state index in [1.165, 1.54) is 5.56 Å². The first-order valence-electron chi connectivity index (χ1n) is 5.36. The molecule has 0 saturated carbocycles. The molecule has 0 unspecified atom stereocenters. The van der Waals surface area contributed by atoms with Gasteiger partial charge in [-0.15, -0.1) is 0 Å². The SMILES string of the molecule is N=C(N)CCCCCc1ccc(N)cc1. The van der Waals surface area contributed by atoms with Crippen LogP contribution in [0, 0.1) is 5.41 Å². The minimum atomic E-state index is 0.294. The van der Waals surface area contributed by atoms with E-state index in [2.05, 4.69) is 12.1 Å². The third-order valence-electron chi connectivity index (χ3n) is 2.39. The van der Waals surface area contributed by atoms with Crippen LogP contribution in [0.2, 0.25) is 0 Å². The van der Waals surface area contributed by atoms with Gasteiger partial charge in [0.2, 0.25) is 0 Å². The Labute approximate surface area is 91.0 Å². The Balaban J connectivity index is 2.15. The maximum atomic E-state index is 7.08. The lowest BCUT2D eigenvalue weighted by atomic mass is 10.1. The van der Waals surface area contributed by atoms with Gasteiger partial charge in [0.15, 0.2) is 0 Å². The third-order valence-corrected chi connectivity index (χ3v) is 2.39. The van der Waals surface area contributed by atoms with Crippen molar-refractivity contribution in [3.63, 3.8) is 0 Å². The van der Waals surface area contributed by atoms with Crippen molar-refractivity contribution >= 4 is 11.5 Å². The summed E-state index contributed by atoms with van der Waals surface area (Å²) in [6.45, 7) is 0. The van der Waals surface area contributed by atoms with Crippen molar-refractivity contribution in [3.8, 4) is 0 Å². The number of rotatable bonds is 6. The highest BCUT2D eigenvalue weighted by atomic mass is 14.7. The second-order valence-corrected chi connectivity index (χ2v) is 3.83. The predicted octanol–water partition coefficient (Wildman–Crippen LogP) is 2.31. The molecule has 3 heteroatoms. The zero-order chi connectivity index (χ0) is 11.1. The minimum Gasteiger partial charge on any atom is -0.399 e. The molecule has 0 atom stereocenters. The molecule has 0 radical (unpaired) electrons. The number of benzene rings is 1. The number of hydrogen-bond donors (Lipinski definition) is 3. The number of nitrogens with two attached hydrogens (primary N) is 2. The molecule has 0 fully saturated rings. The van der Waals surface area contributed by atoms with E-state index in [0.29, 0.717) is 5.84 Å². The lowest BCUT2D eigenvalue weighted by Crippen LogP contribution is -2.08. The maximum Gasteiger partial charge on any atom is 0.0905 e. The molecule has 0 heterocycles. The summed E-state index contributed by atoms with van der Waals surface area (Å²) < 4.78 is 0. The molecule has 0 aliphatic rings. The van der Waals surface area contributed by atoms with E-state index in [4.69, 9.17) is 16.9 Å². The zero-order valence-electron chi connectivity index (χ0n) is 9.00. The number of aryl methyl sites for hydroxylation is 1. The molecule has 0 saturated heterocycles. The van der Waals surface area contributed by atoms with E-state index in [9.17, 15) is 0 Å². The Hall–Kier alpha value is -1.51. The van der Waals surface area contributed by atoms with Crippen LogP contribution in [-0.4, -0.2) is 5.84 Å². The van der Waals surface area contributed by atoms with Gasteiger partial charge in [-0.2, -0.15) is 0 Å². The number of nitrogens with one attached hydrogen (secondary N) is 1. The van der Waals surface area contributed by atoms with E-state index in [1.807, 2.05) is 12.1 Å². The fourth-order valence-electron chi connectivity index (χ4n) is 1.51. The molecule has 0 aromatic heterocycles. The number of nitrogen functional groups attached to an aromatic ring is 1. The Morgan fingerprint density at radius 1 is 1.07 bits per heavy atom. The van der Waals surface area contributed by atoms with E-state index in [-0.39, 0.29) is 0 Å². The first kappa shape index (κ1) is 11.6. The highest BCUT2D eigenvalue weighted by Gasteiger charge is 1.94. The van der Waals surface area contributed by atoms with Crippen molar-refractivity contribution in [2.75, 3.05) is 5.73 Å². The van der Waals surface area contributed by atoms with Crippen molar-refractivity contribution in [2.45, 2.75) is 32.1 Å². The first-order valence-corrected chi connectivity index (χ1v) is 5.36. The van der Waals surface area contributed by atoms with Gasteiger partial charge in [0.05, 0.1) is 5.84 Å². The number of anilines is 1. The van der Waals surface area contributed by atoms with E-state index < -0.39 is 0 Å². The van der Waals surface area contributed by atoms with Crippen LogP contribution in [0.1, 0.15) is 31.2 Å². The van der Waals surface area contributed by atoms with Gasteiger partial charge in [0.1, 0.15) is 0 Å². The molecule has 5 N–H and O–H groups in total. The monoisotopic (exact) mass is 205 g/mol. The van der Waals surface area contributed by atoms with Gasteiger partial charge in [-0.1, -0.05) is 18.6 Å². The van der Waals surface area contributed by atoms with Gasteiger partial charge in [0.25, 0.3) is 0 Å². The van der Waals surface area contributed by atoms with Gasteiger partial charge >= 0.3 is 0 Å². The normalized spacial score (nSPS) is 10.1. The third kappa shape index (κ3) is 5.05. The molecule has 3 nitrogen and oxygen atoms in total. The standard InChI is InChI=1S/C12H19N3/c13-11-8-6-10(7-9-11)4-2-1-3-5-12(14)15/h6-9H,1-5,13H2,(H3,14,15). The van der Waals surface area contributed by atoms with Crippen LogP contribution in [-0.2, 0) is 6.42 Å². The van der Waals surface area contributed by atoms with Crippen LogP contribution in [0.25, 0.3) is 0 Å². The molecule has 0 aliphatic carbocycles. The summed E-state index contributed by atoms with van der Waals surface area (Å²) >= 11 is 0. The molecule has 1 aromatic rings. The number of unbranched alkanes of at least 4 members (excludes halogenated alkanes) is 2. The molecule has 82 valence electrons. The second-order valence-electron chi connectivity index (χ2n) is 3.83. The second kappa shape index (κ2) is 6.06. The first-order chi connectivity index (χ1) is 7.18. The number of hydrogen-bond acceptors (Lipinski definition) is 2. The molecule has 1 rings (SSSR count). The lowest BCUT2D eigenvalue weighted by Gasteiger charge is -2.02. The molecular weight excluding hydrogens is 186 g/mol. The Morgan fingerprint density at radius 3 is 2.33 bits per heavy atom. The van der Waals surface area contributed by atoms with Crippen LogP contribution in [0.15, 0.2) is 24.3 Å². The molecule has 0 aliphatic heterocycles. The molecule has 0 bridgehead atoms. The summed E-state index contributed by atoms with van der Waals surface area (Å²) in [7, 11) is 0. The average molecular weight is 205 g/mol. The zero-order valence-corrected chi connectivity index (χ0v) is 9.00. The Bertz CT molecular complexity index is 303. The van der Waals surface area contributed by atoms with Crippen molar-refractivity contribution < 1.29 is 0 Å². The van der Waals surface area contributed by atoms with Gasteiger partial charge in [-0.05, 0) is 37.0 Å². The molecule has 0 amide bonds. The maximum absolute atomic E-state index is 7.08. The van der Waals surface area contributed by atoms with Crippen molar-refractivity contribution in [1.82, 2.24) is 0 Å². The van der Waals surface area contributed by atoms with Crippen LogP contribution < -0.4 is 11.5 Å². The summed E-state index contributed by atoms with van der Waals surface area (Å²) in [5.41, 5.74) is 13.0. The molecule has 0 spiro atoms. The lowest BCUT2D eigenvalue weighted by molar-refractivity contribution is 0.694. The van der Waals surface area contributed by atoms with Crippen LogP contribution in [0.5, 0.6) is 0 Å². The van der Waals surface area contributed by atoms with Crippen LogP contribution >= 0.6 is 0 Å². The van der Waals surface area contributed by atoms with Crippen molar-refractivity contribution in [2.24, 2.45) is 5.73 Å². The average Bonchev–Trinajstić information content (AvgIpc) is 2.20. The quantitative estimate of drug-likeness (QED) is 0.288. The fraction of sp³-hybridized carbons (Fsp3) is 0.417. The fourth-order valence-corrected chi connectivity index (χ4v) is 1.51. The summed E-state index contributed by atoms with van der Waals surface area (Å²) in [6.07, 6.45) is 5.10. The van der Waals surface area contributed by atoms with Gasteiger partial charge in [-0.25, -0.2) is 0 Å². The largest absolute Gasteiger partial charge is 0.399 e. The number of amidine groups is 1. The summed E-state index contributed by atoms with van der Waals surface area (Å²) in [5.74, 6) is 0.294. The summed E-state index contributed by atoms with van der Waals surface area (Å²) in [6, 6.07) is 8.01. The van der Waals surface area contributed by atoms with Crippen molar-refractivity contribution in [3.05, 3.63) is 29.8 Å². The Kier molecular flexibility index (Phi) is 4.68. The van der Waals surface area contributed by atoms with E-state index >= 15 is 0 Å². The summed E-state index contributed by atoms with van der Waals surface area (Å²) in [5, 5.41) is 7.08. The highest BCUT2D eigenvalue weighted by Crippen LogP contribution is 2.10. The molecule has 15 heavy (non-hydrogen) atoms. The predicted molar refractivity (Wildman–Crippen MR) is 64.9 cm³/mol. The highest BCUT2D eigenvalue weighted by molar-refractivity contribution is 5.76. The van der Waals surface area contributed by atoms with E-state index in [1.54, 1.807) is 0 Å². The Morgan fingerprint density at radius 2 is 1.73 bits per heavy atom. The van der Waals surface area contributed by atoms with Crippen LogP contribution in [0.4, 0.5) is 5.69 Å². The van der Waals surface area contributed by atoms with Gasteiger partial charge in [-0.3, -0.25) is 5.41 Å². The van der Waals surface area contributed by atoms with Gasteiger partial charge < -0.3 is 11.5 Å². The van der Waals surface area contributed by atoms with Gasteiger partial charge in [0, 0.05) is 12.1 Å². The van der Waals surface area contributed by atoms with Crippen molar-refractivity contribution in [1.29, 1.82) is 5.41 Å². The summed E-state index contributed by atoms with van der Waals surface area (Å²) in [4.78, 5) is 0. The molecular formula is C12H19N3. The molecule has 1 aromatic carbocycles. The smallest absolute Gasteiger partial charge is 0.0905 e. The van der Waals surface area contributed by atoms with Crippen LogP contribution in [0.3, 0.4) is 0 Å². The topological polar surface area (TPSA) is 75.9 Å². The van der Waals surface area contributed by atoms with E-state index in [0.717, 1.165) is 37.8 Å².